The zero-order chi connectivity index (χ0) is 26.9. The highest BCUT2D eigenvalue weighted by molar-refractivity contribution is 7.70. The second-order valence-electron chi connectivity index (χ2n) is 10.5. The third-order valence-corrected chi connectivity index (χ3v) is 9.28. The Hall–Kier alpha value is -2.93. The number of aryl methyl sites for hydroxylation is 2. The van der Waals surface area contributed by atoms with Crippen LogP contribution in [0.3, 0.4) is 0 Å². The van der Waals surface area contributed by atoms with Crippen LogP contribution in [0.25, 0.3) is 0 Å². The first kappa shape index (κ1) is 26.7. The zero-order valence-electron chi connectivity index (χ0n) is 21.8. The number of likely N-dealkylation sites (tertiary alicyclic amines) is 1. The molecule has 10 heteroatoms. The van der Waals surface area contributed by atoms with Gasteiger partial charge in [-0.1, -0.05) is 17.7 Å². The van der Waals surface area contributed by atoms with E-state index in [9.17, 15) is 9.36 Å². The van der Waals surface area contributed by atoms with Gasteiger partial charge in [0.1, 0.15) is 12.2 Å². The standard InChI is InChI=1S/C28H34ClN6O2P/c1-38(2,37)25-16-20(26(30)36)8-12-24(25)33-27-23(29)17-31-28(34-27)32-21-9-5-18-6-10-22(11-7-19(18)15-21)35-13-3-4-14-35/h5,8-9,12,15-17,22H,3-4,6-7,10-11,13-14H2,1-2H3,(H2,30,36)(H2,31,32,33,34)/t22-/m0/s1. The van der Waals surface area contributed by atoms with E-state index >= 15 is 0 Å². The molecule has 0 radical (unpaired) electrons. The van der Waals surface area contributed by atoms with E-state index in [1.807, 2.05) is 0 Å². The number of hydrogen-bond acceptors (Lipinski definition) is 7. The third-order valence-electron chi connectivity index (χ3n) is 7.47. The summed E-state index contributed by atoms with van der Waals surface area (Å²) in [6, 6.07) is 12.0. The van der Waals surface area contributed by atoms with Crippen molar-refractivity contribution in [1.82, 2.24) is 14.9 Å². The fourth-order valence-corrected chi connectivity index (χ4v) is 6.75. The molecule has 1 aromatic heterocycles. The van der Waals surface area contributed by atoms with E-state index in [1.54, 1.807) is 31.5 Å². The minimum atomic E-state index is -2.74. The normalized spacial score (nSPS) is 18.0. The number of rotatable bonds is 7. The largest absolute Gasteiger partial charge is 0.366 e. The number of hydrogen-bond donors (Lipinski definition) is 3. The van der Waals surface area contributed by atoms with E-state index in [1.165, 1.54) is 56.1 Å². The summed E-state index contributed by atoms with van der Waals surface area (Å²) >= 11 is 6.42. The number of fused-ring (bicyclic) bond motifs is 1. The van der Waals surface area contributed by atoms with Gasteiger partial charge in [-0.3, -0.25) is 4.79 Å². The average molecular weight is 553 g/mol. The molecule has 1 aliphatic carbocycles. The molecule has 0 saturated carbocycles. The number of benzene rings is 2. The molecule has 3 aromatic rings. The van der Waals surface area contributed by atoms with Gasteiger partial charge in [-0.15, -0.1) is 0 Å². The summed E-state index contributed by atoms with van der Waals surface area (Å²) in [5, 5.41) is 7.31. The van der Waals surface area contributed by atoms with Crippen LogP contribution in [0, 0.1) is 0 Å². The van der Waals surface area contributed by atoms with E-state index < -0.39 is 13.0 Å². The molecule has 0 unspecified atom stereocenters. The predicted molar refractivity (Wildman–Crippen MR) is 155 cm³/mol. The number of aromatic nitrogens is 2. The molecular weight excluding hydrogens is 519 g/mol. The molecular formula is C28H34ClN6O2P. The van der Waals surface area contributed by atoms with Gasteiger partial charge in [0.15, 0.2) is 5.82 Å². The molecule has 1 saturated heterocycles. The van der Waals surface area contributed by atoms with Crippen LogP contribution >= 0.6 is 18.7 Å². The molecule has 2 heterocycles. The quantitative estimate of drug-likeness (QED) is 0.269. The molecule has 1 atom stereocenters. The fraction of sp³-hybridized carbons (Fsp3) is 0.393. The third kappa shape index (κ3) is 6.04. The Balaban J connectivity index is 1.34. The average Bonchev–Trinajstić information content (AvgIpc) is 3.33. The maximum Gasteiger partial charge on any atom is 0.248 e. The van der Waals surface area contributed by atoms with Crippen LogP contribution in [0.2, 0.25) is 5.02 Å². The fourth-order valence-electron chi connectivity index (χ4n) is 5.45. The van der Waals surface area contributed by atoms with Crippen LogP contribution in [-0.4, -0.2) is 53.2 Å². The summed E-state index contributed by atoms with van der Waals surface area (Å²) < 4.78 is 13.0. The van der Waals surface area contributed by atoms with Crippen LogP contribution in [0.15, 0.2) is 42.6 Å². The van der Waals surface area contributed by atoms with Crippen molar-refractivity contribution >= 4 is 53.1 Å². The van der Waals surface area contributed by atoms with Crippen molar-refractivity contribution < 1.29 is 9.36 Å². The minimum Gasteiger partial charge on any atom is -0.366 e. The highest BCUT2D eigenvalue weighted by Crippen LogP contribution is 2.39. The van der Waals surface area contributed by atoms with E-state index in [-0.39, 0.29) is 0 Å². The van der Waals surface area contributed by atoms with E-state index in [4.69, 9.17) is 17.3 Å². The summed E-state index contributed by atoms with van der Waals surface area (Å²) in [6.45, 7) is 5.75. The first-order valence-corrected chi connectivity index (χ1v) is 16.1. The Morgan fingerprint density at radius 3 is 2.50 bits per heavy atom. The number of nitrogens with zero attached hydrogens (tertiary/aromatic N) is 3. The number of carbonyl (C=O) groups excluding carboxylic acids is 1. The second-order valence-corrected chi connectivity index (χ2v) is 14.1. The topological polar surface area (TPSA) is 113 Å². The van der Waals surface area contributed by atoms with Crippen molar-refractivity contribution in [3.05, 3.63) is 64.3 Å². The first-order valence-electron chi connectivity index (χ1n) is 13.1. The highest BCUT2D eigenvalue weighted by atomic mass is 35.5. The molecule has 0 bridgehead atoms. The number of carbonyl (C=O) groups is 1. The van der Waals surface area contributed by atoms with Crippen molar-refractivity contribution in [2.24, 2.45) is 5.73 Å². The van der Waals surface area contributed by atoms with E-state index in [0.717, 1.165) is 18.5 Å². The Kier molecular flexibility index (Phi) is 7.75. The Labute approximate surface area is 228 Å². The highest BCUT2D eigenvalue weighted by Gasteiger charge is 2.24. The molecule has 8 nitrogen and oxygen atoms in total. The van der Waals surface area contributed by atoms with Gasteiger partial charge in [-0.25, -0.2) is 4.98 Å². The van der Waals surface area contributed by atoms with Gasteiger partial charge < -0.3 is 25.8 Å². The molecule has 2 aromatic carbocycles. The number of halogens is 1. The lowest BCUT2D eigenvalue weighted by Crippen LogP contribution is -2.32. The van der Waals surface area contributed by atoms with Crippen LogP contribution in [0.5, 0.6) is 0 Å². The Bertz CT molecular complexity index is 1400. The monoisotopic (exact) mass is 552 g/mol. The number of nitrogens with two attached hydrogens (primary N) is 1. The van der Waals surface area contributed by atoms with Crippen molar-refractivity contribution in [2.75, 3.05) is 37.1 Å². The van der Waals surface area contributed by atoms with Crippen LogP contribution in [-0.2, 0) is 17.4 Å². The first-order chi connectivity index (χ1) is 18.2. The van der Waals surface area contributed by atoms with Gasteiger partial charge in [-0.2, -0.15) is 4.98 Å². The summed E-state index contributed by atoms with van der Waals surface area (Å²) in [5.41, 5.74) is 10.0. The maximum absolute atomic E-state index is 13.0. The number of anilines is 4. The molecule has 1 amide bonds. The predicted octanol–water partition coefficient (Wildman–Crippen LogP) is 5.31. The van der Waals surface area contributed by atoms with E-state index in [2.05, 4.69) is 43.7 Å². The molecule has 4 N–H and O–H groups in total. The second kappa shape index (κ2) is 11.0. The molecule has 2 aliphatic rings. The van der Waals surface area contributed by atoms with Crippen molar-refractivity contribution in [3.8, 4) is 0 Å². The van der Waals surface area contributed by atoms with Crippen LogP contribution < -0.4 is 21.7 Å². The molecule has 1 fully saturated rings. The maximum atomic E-state index is 13.0. The van der Waals surface area contributed by atoms with Crippen molar-refractivity contribution in [2.45, 2.75) is 44.6 Å². The number of primary amides is 1. The van der Waals surface area contributed by atoms with Crippen molar-refractivity contribution in [3.63, 3.8) is 0 Å². The summed E-state index contributed by atoms with van der Waals surface area (Å²) in [6.07, 6.45) is 8.77. The summed E-state index contributed by atoms with van der Waals surface area (Å²) in [5.74, 6) is 0.186. The lowest BCUT2D eigenvalue weighted by atomic mass is 10.0. The molecule has 1 aliphatic heterocycles. The van der Waals surface area contributed by atoms with Gasteiger partial charge in [0.05, 0.1) is 11.9 Å². The van der Waals surface area contributed by atoms with Gasteiger partial charge in [-0.05, 0) is 106 Å². The van der Waals surface area contributed by atoms with Gasteiger partial charge in [0.25, 0.3) is 0 Å². The molecule has 200 valence electrons. The smallest absolute Gasteiger partial charge is 0.248 e. The minimum absolute atomic E-state index is 0.292. The van der Waals surface area contributed by atoms with Crippen molar-refractivity contribution in [1.29, 1.82) is 0 Å². The lowest BCUT2D eigenvalue weighted by Gasteiger charge is -2.25. The van der Waals surface area contributed by atoms with Crippen LogP contribution in [0.1, 0.15) is 47.2 Å². The SMILES string of the molecule is CP(C)(=O)c1cc(C(N)=O)ccc1Nc1nc(Nc2ccc3c(c2)CC[C@@H](N2CCCC2)CC3)ncc1Cl. The summed E-state index contributed by atoms with van der Waals surface area (Å²) in [4.78, 5) is 23.3. The molecule has 5 rings (SSSR count). The van der Waals surface area contributed by atoms with Gasteiger partial charge in [0, 0.05) is 22.6 Å². The molecule has 0 spiro atoms. The number of nitrogens with one attached hydrogen (secondary N) is 2. The summed E-state index contributed by atoms with van der Waals surface area (Å²) in [7, 11) is -2.74. The van der Waals surface area contributed by atoms with Gasteiger partial charge in [0.2, 0.25) is 11.9 Å². The van der Waals surface area contributed by atoms with Gasteiger partial charge >= 0.3 is 0 Å². The zero-order valence-corrected chi connectivity index (χ0v) is 23.5. The van der Waals surface area contributed by atoms with Crippen LogP contribution in [0.4, 0.5) is 23.1 Å². The number of amides is 1. The molecule has 38 heavy (non-hydrogen) atoms. The van der Waals surface area contributed by atoms with E-state index in [0.29, 0.717) is 39.4 Å². The lowest BCUT2D eigenvalue weighted by molar-refractivity contribution is 0.100. The Morgan fingerprint density at radius 2 is 1.79 bits per heavy atom. The Morgan fingerprint density at radius 1 is 1.05 bits per heavy atom.